The van der Waals surface area contributed by atoms with Gasteiger partial charge in [-0.05, 0) is 42.5 Å². The van der Waals surface area contributed by atoms with Crippen molar-refractivity contribution in [3.63, 3.8) is 0 Å². The molecular weight excluding hydrogens is 418 g/mol. The van der Waals surface area contributed by atoms with Crippen LogP contribution in [-0.4, -0.2) is 25.5 Å². The maximum Gasteiger partial charge on any atom is 0.330 e. The molecule has 1 fully saturated rings. The topological polar surface area (TPSA) is 108 Å². The van der Waals surface area contributed by atoms with Crippen LogP contribution in [0.5, 0.6) is 5.75 Å². The van der Waals surface area contributed by atoms with Gasteiger partial charge in [0.05, 0.1) is 6.20 Å². The molecule has 0 radical (unpaired) electrons. The van der Waals surface area contributed by atoms with Crippen LogP contribution in [0.15, 0.2) is 60.6 Å². The summed E-state index contributed by atoms with van der Waals surface area (Å²) in [6.07, 6.45) is 5.05. The van der Waals surface area contributed by atoms with Crippen molar-refractivity contribution in [3.8, 4) is 5.75 Å². The van der Waals surface area contributed by atoms with Gasteiger partial charge in [0.15, 0.2) is 0 Å². The van der Waals surface area contributed by atoms with Crippen molar-refractivity contribution >= 4 is 21.8 Å². The van der Waals surface area contributed by atoms with Crippen LogP contribution < -0.4 is 19.1 Å². The highest BCUT2D eigenvalue weighted by Gasteiger charge is 2.31. The highest BCUT2D eigenvalue weighted by atomic mass is 32.2. The van der Waals surface area contributed by atoms with Crippen LogP contribution in [0.1, 0.15) is 36.8 Å². The number of hydrogen-bond acceptors (Lipinski definition) is 5. The Labute approximate surface area is 181 Å². The van der Waals surface area contributed by atoms with Gasteiger partial charge >= 0.3 is 10.2 Å². The lowest BCUT2D eigenvalue weighted by Crippen LogP contribution is -2.34. The molecule has 2 aliphatic heterocycles. The number of benzene rings is 2. The van der Waals surface area contributed by atoms with Gasteiger partial charge < -0.3 is 15.2 Å². The van der Waals surface area contributed by atoms with E-state index in [0.717, 1.165) is 40.9 Å². The van der Waals surface area contributed by atoms with Crippen molar-refractivity contribution in [3.05, 3.63) is 71.7 Å². The molecule has 2 aliphatic rings. The van der Waals surface area contributed by atoms with Crippen LogP contribution in [-0.2, 0) is 28.0 Å². The standard InChI is InChI=1S/C22H25N3O5S/c26-21-9-5-4-8-18(23-21)12-17-10-11-19(25-14-22(27)24-31(25,28)29)20(13-17)30-15-16-6-2-1-3-7-16/h1-3,6-7,10-11,13-14,18,24,27H,4-5,8-9,12,15H2,(H,23,26). The number of amides is 1. The van der Waals surface area contributed by atoms with Crippen LogP contribution in [0.25, 0.3) is 0 Å². The average Bonchev–Trinajstić information content (AvgIpc) is 2.87. The Morgan fingerprint density at radius 1 is 1.10 bits per heavy atom. The summed E-state index contributed by atoms with van der Waals surface area (Å²) in [5, 5.41) is 12.7. The molecular formula is C22H25N3O5S. The van der Waals surface area contributed by atoms with Gasteiger partial charge in [0.2, 0.25) is 11.8 Å². The molecule has 164 valence electrons. The number of carbonyl (C=O) groups excluding carboxylic acids is 1. The fourth-order valence-electron chi connectivity index (χ4n) is 3.79. The first-order valence-electron chi connectivity index (χ1n) is 10.2. The first kappa shape index (κ1) is 21.0. The van der Waals surface area contributed by atoms with Gasteiger partial charge in [-0.1, -0.05) is 42.8 Å². The zero-order valence-electron chi connectivity index (χ0n) is 17.0. The third kappa shape index (κ3) is 5.11. The molecule has 0 spiro atoms. The summed E-state index contributed by atoms with van der Waals surface area (Å²) >= 11 is 0. The number of ether oxygens (including phenoxy) is 1. The molecule has 0 saturated carbocycles. The number of rotatable bonds is 6. The number of nitrogens with zero attached hydrogens (tertiary/aromatic N) is 1. The number of aliphatic hydroxyl groups is 1. The summed E-state index contributed by atoms with van der Waals surface area (Å²) in [7, 11) is -3.94. The van der Waals surface area contributed by atoms with E-state index in [0.29, 0.717) is 24.3 Å². The zero-order valence-corrected chi connectivity index (χ0v) is 17.8. The fraction of sp³-hybridized carbons (Fsp3) is 0.318. The van der Waals surface area contributed by atoms with E-state index in [1.54, 1.807) is 12.1 Å². The molecule has 1 saturated heterocycles. The molecule has 2 aromatic carbocycles. The molecule has 1 amide bonds. The van der Waals surface area contributed by atoms with Crippen LogP contribution in [0, 0.1) is 0 Å². The predicted octanol–water partition coefficient (Wildman–Crippen LogP) is 2.88. The molecule has 0 aromatic heterocycles. The van der Waals surface area contributed by atoms with E-state index in [-0.39, 0.29) is 18.6 Å². The second-order valence-corrected chi connectivity index (χ2v) is 9.26. The molecule has 0 aliphatic carbocycles. The summed E-state index contributed by atoms with van der Waals surface area (Å²) in [4.78, 5) is 11.9. The third-order valence-electron chi connectivity index (χ3n) is 5.28. The van der Waals surface area contributed by atoms with E-state index in [9.17, 15) is 18.3 Å². The first-order chi connectivity index (χ1) is 14.9. The van der Waals surface area contributed by atoms with Gasteiger partial charge in [-0.15, -0.1) is 0 Å². The van der Waals surface area contributed by atoms with Gasteiger partial charge in [0, 0.05) is 12.5 Å². The minimum absolute atomic E-state index is 0.0314. The third-order valence-corrected chi connectivity index (χ3v) is 6.57. The van der Waals surface area contributed by atoms with Gasteiger partial charge in [0.1, 0.15) is 18.0 Å². The van der Waals surface area contributed by atoms with E-state index in [1.165, 1.54) is 0 Å². The fourth-order valence-corrected chi connectivity index (χ4v) is 4.86. The number of nitrogens with one attached hydrogen (secondary N) is 2. The lowest BCUT2D eigenvalue weighted by atomic mass is 10.0. The van der Waals surface area contributed by atoms with Crippen molar-refractivity contribution in [1.82, 2.24) is 10.0 Å². The Morgan fingerprint density at radius 3 is 2.65 bits per heavy atom. The molecule has 2 aromatic rings. The van der Waals surface area contributed by atoms with Crippen LogP contribution in [0.3, 0.4) is 0 Å². The number of carbonyl (C=O) groups is 1. The van der Waals surface area contributed by atoms with Crippen LogP contribution in [0.2, 0.25) is 0 Å². The Balaban J connectivity index is 1.62. The number of anilines is 1. The van der Waals surface area contributed by atoms with Gasteiger partial charge in [-0.25, -0.2) is 9.03 Å². The molecule has 1 atom stereocenters. The van der Waals surface area contributed by atoms with E-state index >= 15 is 0 Å². The van der Waals surface area contributed by atoms with E-state index in [4.69, 9.17) is 4.74 Å². The lowest BCUT2D eigenvalue weighted by Gasteiger charge is -2.21. The van der Waals surface area contributed by atoms with E-state index < -0.39 is 16.1 Å². The number of hydrogen-bond donors (Lipinski definition) is 3. The van der Waals surface area contributed by atoms with Crippen LogP contribution >= 0.6 is 0 Å². The molecule has 0 bridgehead atoms. The number of aliphatic hydroxyl groups excluding tert-OH is 1. The van der Waals surface area contributed by atoms with Crippen LogP contribution in [0.4, 0.5) is 5.69 Å². The largest absolute Gasteiger partial charge is 0.493 e. The predicted molar refractivity (Wildman–Crippen MR) is 117 cm³/mol. The monoisotopic (exact) mass is 443 g/mol. The summed E-state index contributed by atoms with van der Waals surface area (Å²) in [5.74, 6) is -0.0219. The smallest absolute Gasteiger partial charge is 0.330 e. The normalized spacial score (nSPS) is 20.4. The molecule has 1 unspecified atom stereocenters. The summed E-state index contributed by atoms with van der Waals surface area (Å²) in [5.41, 5.74) is 2.16. The summed E-state index contributed by atoms with van der Waals surface area (Å²) in [6, 6.07) is 14.9. The van der Waals surface area contributed by atoms with Crippen molar-refractivity contribution < 1.29 is 23.1 Å². The lowest BCUT2D eigenvalue weighted by molar-refractivity contribution is -0.121. The molecule has 8 nitrogen and oxygen atoms in total. The van der Waals surface area contributed by atoms with E-state index in [2.05, 4.69) is 5.32 Å². The minimum Gasteiger partial charge on any atom is -0.493 e. The summed E-state index contributed by atoms with van der Waals surface area (Å²) < 4.78 is 33.8. The van der Waals surface area contributed by atoms with Gasteiger partial charge in [-0.2, -0.15) is 8.42 Å². The molecule has 9 heteroatoms. The molecule has 31 heavy (non-hydrogen) atoms. The van der Waals surface area contributed by atoms with Crippen molar-refractivity contribution in [1.29, 1.82) is 0 Å². The van der Waals surface area contributed by atoms with Crippen molar-refractivity contribution in [2.24, 2.45) is 0 Å². The van der Waals surface area contributed by atoms with Gasteiger partial charge in [-0.3, -0.25) is 4.79 Å². The minimum atomic E-state index is -3.94. The Kier molecular flexibility index (Phi) is 6.03. The highest BCUT2D eigenvalue weighted by molar-refractivity contribution is 7.91. The van der Waals surface area contributed by atoms with E-state index in [1.807, 2.05) is 41.1 Å². The average molecular weight is 444 g/mol. The zero-order chi connectivity index (χ0) is 21.8. The summed E-state index contributed by atoms with van der Waals surface area (Å²) in [6.45, 7) is 0.258. The molecule has 2 heterocycles. The second kappa shape index (κ2) is 8.89. The maximum absolute atomic E-state index is 12.4. The molecule has 3 N–H and O–H groups in total. The maximum atomic E-state index is 12.4. The SMILES string of the molecule is O=C1CCCCC(Cc2ccc(N3C=C(O)NS3(=O)=O)c(OCc3ccccc3)c2)N1. The van der Waals surface area contributed by atoms with Crippen molar-refractivity contribution in [2.45, 2.75) is 44.8 Å². The second-order valence-electron chi connectivity index (χ2n) is 7.71. The quantitative estimate of drug-likeness (QED) is 0.636. The Morgan fingerprint density at radius 2 is 1.90 bits per heavy atom. The first-order valence-corrected chi connectivity index (χ1v) is 11.7. The van der Waals surface area contributed by atoms with Crippen molar-refractivity contribution in [2.75, 3.05) is 4.31 Å². The molecule has 4 rings (SSSR count). The van der Waals surface area contributed by atoms with Gasteiger partial charge in [0.25, 0.3) is 0 Å². The Bertz CT molecular complexity index is 1090. The highest BCUT2D eigenvalue weighted by Crippen LogP contribution is 2.34. The Hall–Kier alpha value is -3.20.